The Morgan fingerprint density at radius 3 is 2.86 bits per heavy atom. The normalized spacial score (nSPS) is 17.1. The fraction of sp³-hybridized carbons (Fsp3) is 0.450. The van der Waals surface area contributed by atoms with E-state index in [4.69, 9.17) is 0 Å². The highest BCUT2D eigenvalue weighted by Crippen LogP contribution is 2.21. The van der Waals surface area contributed by atoms with Crippen LogP contribution >= 0.6 is 0 Å². The molecule has 4 rings (SSSR count). The third-order valence-electron chi connectivity index (χ3n) is 5.08. The molecule has 1 aliphatic heterocycles. The van der Waals surface area contributed by atoms with Gasteiger partial charge in [-0.3, -0.25) is 9.20 Å². The number of nitrogens with one attached hydrogen (secondary N) is 1. The minimum absolute atomic E-state index is 0.0479. The highest BCUT2D eigenvalue weighted by molar-refractivity contribution is 5.79. The van der Waals surface area contributed by atoms with Crippen LogP contribution < -0.4 is 10.2 Å². The number of carbonyl (C=O) groups excluding carboxylic acids is 1. The summed E-state index contributed by atoms with van der Waals surface area (Å²) < 4.78 is 1.95. The average molecular weight is 379 g/mol. The highest BCUT2D eigenvalue weighted by atomic mass is 16.1. The number of carbonyl (C=O) groups is 1. The molecule has 1 fully saturated rings. The van der Waals surface area contributed by atoms with Gasteiger partial charge >= 0.3 is 0 Å². The van der Waals surface area contributed by atoms with Gasteiger partial charge in [0.25, 0.3) is 0 Å². The van der Waals surface area contributed by atoms with Crippen molar-refractivity contribution >= 4 is 17.5 Å². The van der Waals surface area contributed by atoms with E-state index in [1.165, 1.54) is 0 Å². The van der Waals surface area contributed by atoms with Gasteiger partial charge in [0.05, 0.1) is 5.92 Å². The lowest BCUT2D eigenvalue weighted by molar-refractivity contribution is -0.125. The van der Waals surface area contributed by atoms with E-state index in [-0.39, 0.29) is 11.8 Å². The van der Waals surface area contributed by atoms with Crippen molar-refractivity contribution in [3.05, 3.63) is 47.7 Å². The standard InChI is InChI=1S/C20H25N7O/c1-14-12-15(2)23-20(22-14)26-10-5-6-16(13-26)19(28)21-9-8-18-25-24-17-7-3-4-11-27(17)18/h3-4,7,11-12,16H,5-6,8-10,13H2,1-2H3,(H,21,28)/t16-/m1/s1. The van der Waals surface area contributed by atoms with Gasteiger partial charge < -0.3 is 10.2 Å². The minimum atomic E-state index is -0.0479. The molecule has 0 unspecified atom stereocenters. The van der Waals surface area contributed by atoms with Crippen LogP contribution in [0.25, 0.3) is 5.65 Å². The largest absolute Gasteiger partial charge is 0.355 e. The number of rotatable bonds is 5. The number of hydrogen-bond acceptors (Lipinski definition) is 6. The molecule has 0 radical (unpaired) electrons. The lowest BCUT2D eigenvalue weighted by atomic mass is 9.97. The Morgan fingerprint density at radius 1 is 1.21 bits per heavy atom. The van der Waals surface area contributed by atoms with Crippen molar-refractivity contribution in [2.75, 3.05) is 24.5 Å². The summed E-state index contributed by atoms with van der Waals surface area (Å²) >= 11 is 0. The smallest absolute Gasteiger partial charge is 0.225 e. The number of piperidine rings is 1. The first-order valence-electron chi connectivity index (χ1n) is 9.74. The van der Waals surface area contributed by atoms with Crippen molar-refractivity contribution in [3.63, 3.8) is 0 Å². The van der Waals surface area contributed by atoms with Crippen molar-refractivity contribution in [2.45, 2.75) is 33.1 Å². The molecule has 1 atom stereocenters. The third-order valence-corrected chi connectivity index (χ3v) is 5.08. The number of pyridine rings is 1. The second-order valence-electron chi connectivity index (χ2n) is 7.32. The Labute approximate surface area is 164 Å². The summed E-state index contributed by atoms with van der Waals surface area (Å²) in [5, 5.41) is 11.4. The number of aromatic nitrogens is 5. The van der Waals surface area contributed by atoms with Crippen molar-refractivity contribution in [1.82, 2.24) is 29.9 Å². The fourth-order valence-electron chi connectivity index (χ4n) is 3.72. The summed E-state index contributed by atoms with van der Waals surface area (Å²) in [5.74, 6) is 1.62. The van der Waals surface area contributed by atoms with E-state index >= 15 is 0 Å². The molecule has 3 aromatic rings. The number of fused-ring (bicyclic) bond motifs is 1. The summed E-state index contributed by atoms with van der Waals surface area (Å²) in [5.41, 5.74) is 2.73. The van der Waals surface area contributed by atoms with E-state index in [0.717, 1.165) is 48.2 Å². The van der Waals surface area contributed by atoms with E-state index in [9.17, 15) is 4.79 Å². The number of hydrogen-bond donors (Lipinski definition) is 1. The quantitative estimate of drug-likeness (QED) is 0.726. The molecule has 1 N–H and O–H groups in total. The molecule has 0 spiro atoms. The zero-order chi connectivity index (χ0) is 19.5. The highest BCUT2D eigenvalue weighted by Gasteiger charge is 2.27. The summed E-state index contributed by atoms with van der Waals surface area (Å²) in [6.07, 6.45) is 4.44. The first kappa shape index (κ1) is 18.3. The van der Waals surface area contributed by atoms with Gasteiger partial charge in [-0.25, -0.2) is 9.97 Å². The van der Waals surface area contributed by atoms with Crippen LogP contribution in [0, 0.1) is 19.8 Å². The summed E-state index contributed by atoms with van der Waals surface area (Å²) in [4.78, 5) is 23.9. The first-order chi connectivity index (χ1) is 13.6. The molecule has 0 saturated carbocycles. The monoisotopic (exact) mass is 379 g/mol. The zero-order valence-corrected chi connectivity index (χ0v) is 16.3. The zero-order valence-electron chi connectivity index (χ0n) is 16.3. The molecular formula is C20H25N7O. The molecule has 146 valence electrons. The van der Waals surface area contributed by atoms with Crippen LogP contribution in [0.15, 0.2) is 30.5 Å². The fourth-order valence-corrected chi connectivity index (χ4v) is 3.72. The van der Waals surface area contributed by atoms with Crippen LogP contribution in [-0.2, 0) is 11.2 Å². The van der Waals surface area contributed by atoms with E-state index in [1.54, 1.807) is 0 Å². The van der Waals surface area contributed by atoms with Gasteiger partial charge in [0.2, 0.25) is 11.9 Å². The summed E-state index contributed by atoms with van der Waals surface area (Å²) in [6, 6.07) is 7.76. The van der Waals surface area contributed by atoms with E-state index in [2.05, 4.69) is 30.4 Å². The van der Waals surface area contributed by atoms with Crippen LogP contribution in [0.3, 0.4) is 0 Å². The van der Waals surface area contributed by atoms with Crippen molar-refractivity contribution in [1.29, 1.82) is 0 Å². The molecule has 1 aliphatic rings. The molecule has 0 aliphatic carbocycles. The maximum Gasteiger partial charge on any atom is 0.225 e. The Morgan fingerprint density at radius 2 is 2.04 bits per heavy atom. The lowest BCUT2D eigenvalue weighted by Gasteiger charge is -2.32. The Kier molecular flexibility index (Phi) is 5.18. The van der Waals surface area contributed by atoms with Gasteiger partial charge in [-0.15, -0.1) is 10.2 Å². The van der Waals surface area contributed by atoms with Gasteiger partial charge in [0, 0.05) is 43.6 Å². The van der Waals surface area contributed by atoms with Gasteiger partial charge in [0.1, 0.15) is 5.82 Å². The van der Waals surface area contributed by atoms with Crippen molar-refractivity contribution < 1.29 is 4.79 Å². The van der Waals surface area contributed by atoms with Crippen LogP contribution in [0.1, 0.15) is 30.1 Å². The van der Waals surface area contributed by atoms with Gasteiger partial charge in [-0.1, -0.05) is 6.07 Å². The second kappa shape index (κ2) is 7.92. The molecule has 1 saturated heterocycles. The first-order valence-corrected chi connectivity index (χ1v) is 9.74. The SMILES string of the molecule is Cc1cc(C)nc(N2CCC[C@@H](C(=O)NCCc3nnc4ccccn34)C2)n1. The molecule has 8 nitrogen and oxygen atoms in total. The molecule has 1 amide bonds. The molecule has 0 aromatic carbocycles. The average Bonchev–Trinajstić information content (AvgIpc) is 3.10. The molecule has 0 bridgehead atoms. The Hall–Kier alpha value is -3.03. The molecule has 28 heavy (non-hydrogen) atoms. The number of amides is 1. The molecule has 3 aromatic heterocycles. The van der Waals surface area contributed by atoms with E-state index < -0.39 is 0 Å². The van der Waals surface area contributed by atoms with Gasteiger partial charge in [-0.2, -0.15) is 0 Å². The maximum absolute atomic E-state index is 12.7. The van der Waals surface area contributed by atoms with Crippen LogP contribution in [0.4, 0.5) is 5.95 Å². The minimum Gasteiger partial charge on any atom is -0.355 e. The van der Waals surface area contributed by atoms with E-state index in [1.807, 2.05) is 48.7 Å². The predicted octanol–water partition coefficient (Wildman–Crippen LogP) is 1.71. The topological polar surface area (TPSA) is 88.3 Å². The van der Waals surface area contributed by atoms with Crippen molar-refractivity contribution in [3.8, 4) is 0 Å². The second-order valence-corrected chi connectivity index (χ2v) is 7.32. The van der Waals surface area contributed by atoms with Crippen molar-refractivity contribution in [2.24, 2.45) is 5.92 Å². The molecule has 8 heteroatoms. The predicted molar refractivity (Wildman–Crippen MR) is 106 cm³/mol. The van der Waals surface area contributed by atoms with Gasteiger partial charge in [0.15, 0.2) is 5.65 Å². The van der Waals surface area contributed by atoms with Gasteiger partial charge in [-0.05, 0) is 44.9 Å². The Balaban J connectivity index is 1.34. The summed E-state index contributed by atoms with van der Waals surface area (Å²) in [6.45, 7) is 6.03. The third kappa shape index (κ3) is 3.95. The number of anilines is 1. The van der Waals surface area contributed by atoms with Crippen LogP contribution in [0.5, 0.6) is 0 Å². The molecule has 4 heterocycles. The molecular weight excluding hydrogens is 354 g/mol. The van der Waals surface area contributed by atoms with E-state index in [0.29, 0.717) is 19.5 Å². The lowest BCUT2D eigenvalue weighted by Crippen LogP contribution is -2.44. The maximum atomic E-state index is 12.7. The Bertz CT molecular complexity index is 963. The number of aryl methyl sites for hydroxylation is 2. The van der Waals surface area contributed by atoms with Crippen LogP contribution in [-0.4, -0.2) is 50.1 Å². The number of nitrogens with zero attached hydrogens (tertiary/aromatic N) is 6. The van der Waals surface area contributed by atoms with Crippen LogP contribution in [0.2, 0.25) is 0 Å². The summed E-state index contributed by atoms with van der Waals surface area (Å²) in [7, 11) is 0.